The van der Waals surface area contributed by atoms with Crippen LogP contribution in [-0.2, 0) is 0 Å². The summed E-state index contributed by atoms with van der Waals surface area (Å²) in [6, 6.07) is 11.0. The summed E-state index contributed by atoms with van der Waals surface area (Å²) in [6.45, 7) is 6.37. The van der Waals surface area contributed by atoms with E-state index in [1.807, 2.05) is 7.05 Å². The van der Waals surface area contributed by atoms with Gasteiger partial charge in [0.05, 0.1) is 13.2 Å². The Bertz CT molecular complexity index is 652. The number of ether oxygens (including phenoxy) is 1. The molecule has 0 aliphatic heterocycles. The van der Waals surface area contributed by atoms with Gasteiger partial charge in [-0.3, -0.25) is 0 Å². The van der Waals surface area contributed by atoms with Gasteiger partial charge in [0, 0.05) is 4.47 Å². The fourth-order valence-electron chi connectivity index (χ4n) is 2.78. The highest BCUT2D eigenvalue weighted by molar-refractivity contribution is 9.10. The Kier molecular flexibility index (Phi) is 5.07. The van der Waals surface area contributed by atoms with Crippen molar-refractivity contribution in [2.45, 2.75) is 26.8 Å². The Labute approximate surface area is 135 Å². The number of nitrogens with one attached hydrogen (secondary N) is 1. The second kappa shape index (κ2) is 6.63. The van der Waals surface area contributed by atoms with E-state index in [4.69, 9.17) is 4.74 Å². The van der Waals surface area contributed by atoms with E-state index in [-0.39, 0.29) is 6.04 Å². The number of hydrogen-bond donors (Lipinski definition) is 1. The summed E-state index contributed by atoms with van der Waals surface area (Å²) in [6.07, 6.45) is 0. The van der Waals surface area contributed by atoms with Crippen molar-refractivity contribution in [2.24, 2.45) is 0 Å². The third-order valence-corrected chi connectivity index (χ3v) is 4.42. The van der Waals surface area contributed by atoms with E-state index in [1.54, 1.807) is 7.11 Å². The predicted octanol–water partition coefficient (Wildman–Crippen LogP) is 4.69. The molecule has 0 aromatic heterocycles. The second-order valence-electron chi connectivity index (χ2n) is 5.40. The first kappa shape index (κ1) is 16.1. The molecule has 0 saturated carbocycles. The van der Waals surface area contributed by atoms with Crippen molar-refractivity contribution in [3.63, 3.8) is 0 Å². The Hall–Kier alpha value is -1.32. The van der Waals surface area contributed by atoms with Crippen LogP contribution in [0.25, 0.3) is 0 Å². The molecule has 1 unspecified atom stereocenters. The molecular formula is C18H22BrNO. The van der Waals surface area contributed by atoms with Crippen molar-refractivity contribution in [3.8, 4) is 5.75 Å². The summed E-state index contributed by atoms with van der Waals surface area (Å²) < 4.78 is 6.52. The van der Waals surface area contributed by atoms with Gasteiger partial charge in [0.15, 0.2) is 0 Å². The Morgan fingerprint density at radius 2 is 1.62 bits per heavy atom. The molecular weight excluding hydrogens is 326 g/mol. The molecule has 0 radical (unpaired) electrons. The lowest BCUT2D eigenvalue weighted by Crippen LogP contribution is -2.20. The van der Waals surface area contributed by atoms with Gasteiger partial charge in [-0.05, 0) is 73.8 Å². The third kappa shape index (κ3) is 3.30. The van der Waals surface area contributed by atoms with Crippen LogP contribution in [0.3, 0.4) is 0 Å². The fourth-order valence-corrected chi connectivity index (χ4v) is 3.26. The minimum Gasteiger partial charge on any atom is -0.496 e. The molecule has 0 saturated heterocycles. The van der Waals surface area contributed by atoms with E-state index in [0.29, 0.717) is 0 Å². The number of methoxy groups -OCH3 is 1. The summed E-state index contributed by atoms with van der Waals surface area (Å²) in [5.41, 5.74) is 6.26. The number of halogens is 1. The van der Waals surface area contributed by atoms with Gasteiger partial charge in [-0.25, -0.2) is 0 Å². The number of benzene rings is 2. The van der Waals surface area contributed by atoms with Crippen LogP contribution < -0.4 is 10.1 Å². The van der Waals surface area contributed by atoms with Crippen molar-refractivity contribution in [3.05, 3.63) is 62.6 Å². The maximum atomic E-state index is 5.41. The van der Waals surface area contributed by atoms with Crippen LogP contribution in [0.4, 0.5) is 0 Å². The van der Waals surface area contributed by atoms with E-state index in [9.17, 15) is 0 Å². The van der Waals surface area contributed by atoms with Crippen molar-refractivity contribution in [1.82, 2.24) is 5.32 Å². The molecule has 1 N–H and O–H groups in total. The quantitative estimate of drug-likeness (QED) is 0.865. The van der Waals surface area contributed by atoms with Crippen molar-refractivity contribution in [2.75, 3.05) is 14.2 Å². The van der Waals surface area contributed by atoms with Gasteiger partial charge in [-0.2, -0.15) is 0 Å². The first-order chi connectivity index (χ1) is 9.97. The zero-order valence-electron chi connectivity index (χ0n) is 13.3. The molecule has 0 aliphatic rings. The Balaban J connectivity index is 2.53. The minimum atomic E-state index is 0.183. The van der Waals surface area contributed by atoms with Gasteiger partial charge in [-0.15, -0.1) is 0 Å². The molecule has 2 rings (SSSR count). The fraction of sp³-hybridized carbons (Fsp3) is 0.333. The normalized spacial score (nSPS) is 12.3. The van der Waals surface area contributed by atoms with Crippen molar-refractivity contribution >= 4 is 15.9 Å². The molecule has 2 aromatic rings. The van der Waals surface area contributed by atoms with E-state index < -0.39 is 0 Å². The average Bonchev–Trinajstić information content (AvgIpc) is 2.45. The average molecular weight is 348 g/mol. The molecule has 0 fully saturated rings. The van der Waals surface area contributed by atoms with Crippen LogP contribution in [-0.4, -0.2) is 14.2 Å². The van der Waals surface area contributed by atoms with Crippen molar-refractivity contribution in [1.29, 1.82) is 0 Å². The standard InChI is InChI=1S/C18H22BrNO/c1-11-8-14(19)6-7-15(11)18(20-4)16-9-13(3)17(21-5)10-12(16)2/h6-10,18,20H,1-5H3. The van der Waals surface area contributed by atoms with Gasteiger partial charge in [0.1, 0.15) is 5.75 Å². The third-order valence-electron chi connectivity index (χ3n) is 3.93. The predicted molar refractivity (Wildman–Crippen MR) is 92.2 cm³/mol. The summed E-state index contributed by atoms with van der Waals surface area (Å²) in [7, 11) is 3.72. The molecule has 0 amide bonds. The lowest BCUT2D eigenvalue weighted by atomic mass is 9.91. The van der Waals surface area contributed by atoms with Crippen LogP contribution >= 0.6 is 15.9 Å². The van der Waals surface area contributed by atoms with Crippen LogP contribution in [0.2, 0.25) is 0 Å². The maximum absolute atomic E-state index is 5.41. The zero-order valence-corrected chi connectivity index (χ0v) is 14.8. The SMILES string of the molecule is CNC(c1ccc(Br)cc1C)c1cc(C)c(OC)cc1C. The highest BCUT2D eigenvalue weighted by Gasteiger charge is 2.18. The second-order valence-corrected chi connectivity index (χ2v) is 6.32. The van der Waals surface area contributed by atoms with Gasteiger partial charge in [0.25, 0.3) is 0 Å². The molecule has 0 bridgehead atoms. The van der Waals surface area contributed by atoms with Gasteiger partial charge in [0.2, 0.25) is 0 Å². The van der Waals surface area contributed by atoms with E-state index in [0.717, 1.165) is 15.8 Å². The van der Waals surface area contributed by atoms with Gasteiger partial charge < -0.3 is 10.1 Å². The molecule has 112 valence electrons. The Morgan fingerprint density at radius 3 is 2.19 bits per heavy atom. The molecule has 0 spiro atoms. The summed E-state index contributed by atoms with van der Waals surface area (Å²) in [5.74, 6) is 0.943. The van der Waals surface area contributed by atoms with E-state index in [2.05, 4.69) is 72.3 Å². The minimum absolute atomic E-state index is 0.183. The van der Waals surface area contributed by atoms with E-state index >= 15 is 0 Å². The van der Waals surface area contributed by atoms with Gasteiger partial charge in [-0.1, -0.05) is 28.1 Å². The number of hydrogen-bond acceptors (Lipinski definition) is 2. The maximum Gasteiger partial charge on any atom is 0.122 e. The first-order valence-electron chi connectivity index (χ1n) is 7.06. The molecule has 2 nitrogen and oxygen atoms in total. The lowest BCUT2D eigenvalue weighted by Gasteiger charge is -2.23. The molecule has 0 aliphatic carbocycles. The highest BCUT2D eigenvalue weighted by atomic mass is 79.9. The van der Waals surface area contributed by atoms with E-state index in [1.165, 1.54) is 22.3 Å². The summed E-state index contributed by atoms with van der Waals surface area (Å²) >= 11 is 3.53. The zero-order chi connectivity index (χ0) is 15.6. The van der Waals surface area contributed by atoms with Crippen LogP contribution in [0.5, 0.6) is 5.75 Å². The number of aryl methyl sites for hydroxylation is 3. The lowest BCUT2D eigenvalue weighted by molar-refractivity contribution is 0.411. The largest absolute Gasteiger partial charge is 0.496 e. The topological polar surface area (TPSA) is 21.3 Å². The summed E-state index contributed by atoms with van der Waals surface area (Å²) in [5, 5.41) is 3.44. The molecule has 0 heterocycles. The highest BCUT2D eigenvalue weighted by Crippen LogP contribution is 2.32. The van der Waals surface area contributed by atoms with Crippen LogP contribution in [0.1, 0.15) is 33.9 Å². The van der Waals surface area contributed by atoms with Crippen LogP contribution in [0.15, 0.2) is 34.8 Å². The smallest absolute Gasteiger partial charge is 0.122 e. The number of rotatable bonds is 4. The molecule has 2 aromatic carbocycles. The molecule has 21 heavy (non-hydrogen) atoms. The van der Waals surface area contributed by atoms with Gasteiger partial charge >= 0.3 is 0 Å². The van der Waals surface area contributed by atoms with Crippen molar-refractivity contribution < 1.29 is 4.74 Å². The summed E-state index contributed by atoms with van der Waals surface area (Å²) in [4.78, 5) is 0. The molecule has 1 atom stereocenters. The molecule has 3 heteroatoms. The first-order valence-corrected chi connectivity index (χ1v) is 7.85. The monoisotopic (exact) mass is 347 g/mol. The Morgan fingerprint density at radius 1 is 0.952 bits per heavy atom. The van der Waals surface area contributed by atoms with Crippen LogP contribution in [0, 0.1) is 20.8 Å².